The summed E-state index contributed by atoms with van der Waals surface area (Å²) in [5.41, 5.74) is -0.421. The van der Waals surface area contributed by atoms with Crippen LogP contribution in [0.4, 0.5) is 0 Å². The van der Waals surface area contributed by atoms with Crippen LogP contribution in [0.5, 0.6) is 0 Å². The number of hydrogen-bond donors (Lipinski definition) is 1. The van der Waals surface area contributed by atoms with Gasteiger partial charge in [-0.05, 0) is 46.1 Å². The van der Waals surface area contributed by atoms with E-state index < -0.39 is 5.54 Å². The molecule has 110 valence electrons. The Morgan fingerprint density at radius 3 is 2.68 bits per heavy atom. The highest BCUT2D eigenvalue weighted by Crippen LogP contribution is 2.30. The van der Waals surface area contributed by atoms with Gasteiger partial charge in [-0.1, -0.05) is 6.92 Å². The van der Waals surface area contributed by atoms with Crippen LogP contribution in [0, 0.1) is 11.3 Å². The Kier molecular flexibility index (Phi) is 6.78. The Morgan fingerprint density at radius 1 is 1.53 bits per heavy atom. The highest BCUT2D eigenvalue weighted by Gasteiger charge is 2.35. The van der Waals surface area contributed by atoms with Gasteiger partial charge in [0.2, 0.25) is 0 Å². The summed E-state index contributed by atoms with van der Waals surface area (Å²) in [6.07, 6.45) is 4.50. The molecule has 4 nitrogen and oxygen atoms in total. The smallest absolute Gasteiger partial charge is 0.105 e. The lowest BCUT2D eigenvalue weighted by Crippen LogP contribution is -2.48. The summed E-state index contributed by atoms with van der Waals surface area (Å²) in [6.45, 7) is 9.02. The molecule has 19 heavy (non-hydrogen) atoms. The van der Waals surface area contributed by atoms with Crippen molar-refractivity contribution in [3.63, 3.8) is 0 Å². The van der Waals surface area contributed by atoms with Gasteiger partial charge in [0.25, 0.3) is 0 Å². The lowest BCUT2D eigenvalue weighted by Gasteiger charge is -2.34. The molecule has 1 rings (SSSR count). The van der Waals surface area contributed by atoms with Crippen molar-refractivity contribution in [2.45, 2.75) is 64.1 Å². The molecular formula is C15H29N3O. The van der Waals surface area contributed by atoms with E-state index in [1.165, 1.54) is 12.8 Å². The van der Waals surface area contributed by atoms with E-state index in [-0.39, 0.29) is 0 Å². The fraction of sp³-hybridized carbons (Fsp3) is 0.933. The molecule has 0 bridgehead atoms. The number of nitrogens with zero attached hydrogens (tertiary/aromatic N) is 2. The van der Waals surface area contributed by atoms with Crippen molar-refractivity contribution in [3.05, 3.63) is 0 Å². The molecule has 0 aliphatic heterocycles. The van der Waals surface area contributed by atoms with E-state index in [0.717, 1.165) is 32.5 Å². The Hall–Kier alpha value is -0.630. The normalized spacial score (nSPS) is 20.0. The topological polar surface area (TPSA) is 48.3 Å². The zero-order chi connectivity index (χ0) is 14.3. The number of rotatable bonds is 10. The van der Waals surface area contributed by atoms with Gasteiger partial charge in [0.05, 0.1) is 12.7 Å². The van der Waals surface area contributed by atoms with Gasteiger partial charge >= 0.3 is 0 Å². The Morgan fingerprint density at radius 2 is 2.21 bits per heavy atom. The highest BCUT2D eigenvalue weighted by molar-refractivity contribution is 5.06. The lowest BCUT2D eigenvalue weighted by atomic mass is 9.94. The molecule has 0 spiro atoms. The van der Waals surface area contributed by atoms with Crippen molar-refractivity contribution in [1.29, 1.82) is 5.26 Å². The SMILES string of the molecule is CCCNC(C)(C#N)CC(C)N(CCOC)C1CC1. The quantitative estimate of drug-likeness (QED) is 0.659. The van der Waals surface area contributed by atoms with Gasteiger partial charge in [-0.3, -0.25) is 10.2 Å². The van der Waals surface area contributed by atoms with E-state index >= 15 is 0 Å². The summed E-state index contributed by atoms with van der Waals surface area (Å²) in [7, 11) is 1.75. The molecule has 0 aromatic carbocycles. The van der Waals surface area contributed by atoms with Crippen LogP contribution in [0.2, 0.25) is 0 Å². The molecule has 0 amide bonds. The van der Waals surface area contributed by atoms with Gasteiger partial charge in [0, 0.05) is 25.7 Å². The molecule has 1 N–H and O–H groups in total. The van der Waals surface area contributed by atoms with E-state index in [1.807, 2.05) is 6.92 Å². The van der Waals surface area contributed by atoms with Gasteiger partial charge in [-0.25, -0.2) is 0 Å². The first-order chi connectivity index (χ1) is 9.06. The first-order valence-corrected chi connectivity index (χ1v) is 7.47. The molecule has 0 aromatic heterocycles. The molecule has 1 aliphatic carbocycles. The monoisotopic (exact) mass is 267 g/mol. The van der Waals surface area contributed by atoms with Crippen molar-refractivity contribution in [2.75, 3.05) is 26.8 Å². The molecule has 0 heterocycles. The summed E-state index contributed by atoms with van der Waals surface area (Å²) >= 11 is 0. The summed E-state index contributed by atoms with van der Waals surface area (Å²) in [6, 6.07) is 3.57. The fourth-order valence-corrected chi connectivity index (χ4v) is 2.63. The van der Waals surface area contributed by atoms with Crippen molar-refractivity contribution in [1.82, 2.24) is 10.2 Å². The number of hydrogen-bond acceptors (Lipinski definition) is 4. The minimum Gasteiger partial charge on any atom is -0.383 e. The first kappa shape index (κ1) is 16.4. The van der Waals surface area contributed by atoms with Crippen LogP contribution in [-0.2, 0) is 4.74 Å². The van der Waals surface area contributed by atoms with Gasteiger partial charge in [-0.2, -0.15) is 5.26 Å². The van der Waals surface area contributed by atoms with Gasteiger partial charge < -0.3 is 4.74 Å². The molecule has 2 unspecified atom stereocenters. The van der Waals surface area contributed by atoms with Crippen molar-refractivity contribution < 1.29 is 4.74 Å². The predicted octanol–water partition coefficient (Wildman–Crippen LogP) is 2.16. The third-order valence-corrected chi connectivity index (χ3v) is 3.85. The van der Waals surface area contributed by atoms with Crippen molar-refractivity contribution in [3.8, 4) is 6.07 Å². The maximum absolute atomic E-state index is 9.42. The standard InChI is InChI=1S/C15H29N3O/c1-5-8-17-15(3,12-16)11-13(2)18(9-10-19-4)14-6-7-14/h13-14,17H,5-11H2,1-4H3. The van der Waals surface area contributed by atoms with Crippen LogP contribution in [-0.4, -0.2) is 49.3 Å². The number of methoxy groups -OCH3 is 1. The molecule has 0 radical (unpaired) electrons. The second-order valence-electron chi connectivity index (χ2n) is 5.89. The van der Waals surface area contributed by atoms with E-state index in [1.54, 1.807) is 7.11 Å². The van der Waals surface area contributed by atoms with Crippen molar-refractivity contribution >= 4 is 0 Å². The van der Waals surface area contributed by atoms with E-state index in [4.69, 9.17) is 4.74 Å². The van der Waals surface area contributed by atoms with E-state index in [2.05, 4.69) is 30.1 Å². The van der Waals surface area contributed by atoms with Crippen LogP contribution < -0.4 is 5.32 Å². The maximum Gasteiger partial charge on any atom is 0.105 e. The minimum atomic E-state index is -0.421. The molecule has 1 saturated carbocycles. The van der Waals surface area contributed by atoms with E-state index in [0.29, 0.717) is 12.1 Å². The van der Waals surface area contributed by atoms with E-state index in [9.17, 15) is 5.26 Å². The molecule has 2 atom stereocenters. The Balaban J connectivity index is 2.53. The molecule has 1 aliphatic rings. The summed E-state index contributed by atoms with van der Waals surface area (Å²) in [5.74, 6) is 0. The Bertz CT molecular complexity index is 298. The van der Waals surface area contributed by atoms with Crippen LogP contribution in [0.1, 0.15) is 46.5 Å². The Labute approximate surface area is 118 Å². The largest absolute Gasteiger partial charge is 0.383 e. The van der Waals surface area contributed by atoms with Crippen molar-refractivity contribution in [2.24, 2.45) is 0 Å². The molecule has 0 saturated heterocycles. The molecular weight excluding hydrogens is 238 g/mol. The fourth-order valence-electron chi connectivity index (χ4n) is 2.63. The number of ether oxygens (including phenoxy) is 1. The predicted molar refractivity (Wildman–Crippen MR) is 78.0 cm³/mol. The third-order valence-electron chi connectivity index (χ3n) is 3.85. The van der Waals surface area contributed by atoms with Gasteiger partial charge in [0.1, 0.15) is 5.54 Å². The lowest BCUT2D eigenvalue weighted by molar-refractivity contribution is 0.107. The average molecular weight is 267 g/mol. The zero-order valence-electron chi connectivity index (χ0n) is 12.9. The minimum absolute atomic E-state index is 0.414. The third kappa shape index (κ3) is 5.48. The zero-order valence-corrected chi connectivity index (χ0v) is 12.9. The van der Waals surface area contributed by atoms with Gasteiger partial charge in [0.15, 0.2) is 0 Å². The molecule has 4 heteroatoms. The highest BCUT2D eigenvalue weighted by atomic mass is 16.5. The summed E-state index contributed by atoms with van der Waals surface area (Å²) in [5, 5.41) is 12.8. The molecule has 0 aromatic rings. The van der Waals surface area contributed by atoms with Crippen LogP contribution in [0.15, 0.2) is 0 Å². The number of nitriles is 1. The summed E-state index contributed by atoms with van der Waals surface area (Å²) < 4.78 is 5.20. The van der Waals surface area contributed by atoms with Crippen LogP contribution in [0.3, 0.4) is 0 Å². The maximum atomic E-state index is 9.42. The van der Waals surface area contributed by atoms with Crippen LogP contribution in [0.25, 0.3) is 0 Å². The number of nitrogens with one attached hydrogen (secondary N) is 1. The van der Waals surface area contributed by atoms with Crippen LogP contribution >= 0.6 is 0 Å². The first-order valence-electron chi connectivity index (χ1n) is 7.47. The summed E-state index contributed by atoms with van der Waals surface area (Å²) in [4.78, 5) is 2.51. The van der Waals surface area contributed by atoms with Gasteiger partial charge in [-0.15, -0.1) is 0 Å². The molecule has 1 fully saturated rings. The average Bonchev–Trinajstić information content (AvgIpc) is 3.21. The second-order valence-corrected chi connectivity index (χ2v) is 5.89. The second kappa shape index (κ2) is 7.84.